The van der Waals surface area contributed by atoms with Gasteiger partial charge in [0.1, 0.15) is 5.69 Å². The van der Waals surface area contributed by atoms with Crippen molar-refractivity contribution in [2.75, 3.05) is 13.1 Å². The molecular formula is C23H27N3O3. The number of fused-ring (bicyclic) bond motifs is 1. The fourth-order valence-electron chi connectivity index (χ4n) is 5.64. The van der Waals surface area contributed by atoms with Crippen molar-refractivity contribution >= 4 is 22.6 Å². The number of rotatable bonds is 2. The quantitative estimate of drug-likeness (QED) is 0.797. The highest BCUT2D eigenvalue weighted by Crippen LogP contribution is 2.46. The summed E-state index contributed by atoms with van der Waals surface area (Å²) in [6, 6.07) is 9.86. The van der Waals surface area contributed by atoms with Gasteiger partial charge < -0.3 is 14.9 Å². The van der Waals surface area contributed by atoms with Crippen molar-refractivity contribution in [3.63, 3.8) is 0 Å². The number of hydrogen-bond donors (Lipinski definition) is 1. The molecule has 1 saturated carbocycles. The molecule has 3 fully saturated rings. The number of carbonyl (C=O) groups excluding carboxylic acids is 2. The summed E-state index contributed by atoms with van der Waals surface area (Å²) in [7, 11) is 0. The molecule has 152 valence electrons. The number of β-lactam (4-membered cyclic amide) rings is 1. The number of piperidine rings is 1. The van der Waals surface area contributed by atoms with Gasteiger partial charge in [-0.2, -0.15) is 0 Å². The maximum absolute atomic E-state index is 13.1. The number of aliphatic hydroxyl groups excluding tert-OH is 1. The van der Waals surface area contributed by atoms with Crippen molar-refractivity contribution in [3.8, 4) is 0 Å². The minimum Gasteiger partial charge on any atom is -0.381 e. The highest BCUT2D eigenvalue weighted by molar-refractivity contribution is 6.05. The van der Waals surface area contributed by atoms with Gasteiger partial charge in [0, 0.05) is 30.7 Å². The predicted octanol–water partition coefficient (Wildman–Crippen LogP) is 2.75. The number of benzene rings is 1. The van der Waals surface area contributed by atoms with Gasteiger partial charge in [-0.25, -0.2) is 0 Å². The Morgan fingerprint density at radius 2 is 1.79 bits per heavy atom. The van der Waals surface area contributed by atoms with Crippen LogP contribution in [0.5, 0.6) is 0 Å². The van der Waals surface area contributed by atoms with Crippen LogP contribution in [-0.2, 0) is 4.79 Å². The van der Waals surface area contributed by atoms with Gasteiger partial charge in [-0.15, -0.1) is 0 Å². The van der Waals surface area contributed by atoms with Gasteiger partial charge in [0.05, 0.1) is 5.54 Å². The maximum atomic E-state index is 13.1. The summed E-state index contributed by atoms with van der Waals surface area (Å²) in [5.74, 6) is -0.157. The zero-order chi connectivity index (χ0) is 20.0. The Kier molecular flexibility index (Phi) is 4.54. The van der Waals surface area contributed by atoms with Crippen LogP contribution in [0.3, 0.4) is 0 Å². The summed E-state index contributed by atoms with van der Waals surface area (Å²) in [4.78, 5) is 33.8. The summed E-state index contributed by atoms with van der Waals surface area (Å²) >= 11 is 0. The zero-order valence-corrected chi connectivity index (χ0v) is 16.6. The first-order valence-corrected chi connectivity index (χ1v) is 10.8. The minimum atomic E-state index is -0.831. The zero-order valence-electron chi connectivity index (χ0n) is 16.6. The van der Waals surface area contributed by atoms with Gasteiger partial charge in [-0.1, -0.05) is 43.5 Å². The second kappa shape index (κ2) is 7.10. The van der Waals surface area contributed by atoms with Crippen molar-refractivity contribution in [2.45, 2.75) is 62.6 Å². The van der Waals surface area contributed by atoms with E-state index < -0.39 is 6.10 Å². The van der Waals surface area contributed by atoms with E-state index in [1.807, 2.05) is 40.1 Å². The van der Waals surface area contributed by atoms with Crippen LogP contribution in [0.25, 0.3) is 10.8 Å². The molecule has 0 radical (unpaired) electrons. The molecule has 1 atom stereocenters. The number of likely N-dealkylation sites (tertiary alicyclic amines) is 2. The van der Waals surface area contributed by atoms with E-state index in [2.05, 4.69) is 4.98 Å². The van der Waals surface area contributed by atoms with Crippen LogP contribution in [0.4, 0.5) is 0 Å². The second-order valence-electron chi connectivity index (χ2n) is 8.68. The van der Waals surface area contributed by atoms with E-state index >= 15 is 0 Å². The first kappa shape index (κ1) is 18.6. The Labute approximate surface area is 170 Å². The van der Waals surface area contributed by atoms with E-state index in [0.717, 1.165) is 49.3 Å². The first-order valence-electron chi connectivity index (χ1n) is 10.8. The largest absolute Gasteiger partial charge is 0.381 e. The fraction of sp³-hybridized carbons (Fsp3) is 0.522. The molecule has 1 aromatic carbocycles. The van der Waals surface area contributed by atoms with Gasteiger partial charge in [0.2, 0.25) is 0 Å². The Balaban J connectivity index is 1.30. The van der Waals surface area contributed by atoms with E-state index in [9.17, 15) is 14.7 Å². The molecule has 1 unspecified atom stereocenters. The van der Waals surface area contributed by atoms with Crippen LogP contribution in [0.2, 0.25) is 0 Å². The Morgan fingerprint density at radius 3 is 2.55 bits per heavy atom. The normalized spacial score (nSPS) is 24.7. The van der Waals surface area contributed by atoms with Crippen LogP contribution in [0, 0.1) is 0 Å². The second-order valence-corrected chi connectivity index (χ2v) is 8.68. The lowest BCUT2D eigenvalue weighted by molar-refractivity contribution is -0.200. The molecule has 0 bridgehead atoms. The third-order valence-corrected chi connectivity index (χ3v) is 7.17. The number of hydrogen-bond acceptors (Lipinski definition) is 4. The molecule has 3 heterocycles. The lowest BCUT2D eigenvalue weighted by atomic mass is 9.68. The molecule has 1 spiro atoms. The molecule has 6 heteroatoms. The topological polar surface area (TPSA) is 73.7 Å². The minimum absolute atomic E-state index is 0.0393. The molecule has 2 saturated heterocycles. The van der Waals surface area contributed by atoms with E-state index in [1.165, 1.54) is 6.42 Å². The predicted molar refractivity (Wildman–Crippen MR) is 109 cm³/mol. The lowest BCUT2D eigenvalue weighted by Gasteiger charge is -2.61. The summed E-state index contributed by atoms with van der Waals surface area (Å²) in [6.07, 6.45) is 7.51. The van der Waals surface area contributed by atoms with Gasteiger partial charge >= 0.3 is 0 Å². The third-order valence-electron chi connectivity index (χ3n) is 7.17. The van der Waals surface area contributed by atoms with Crippen molar-refractivity contribution < 1.29 is 14.7 Å². The molecule has 2 aliphatic heterocycles. The van der Waals surface area contributed by atoms with Crippen molar-refractivity contribution in [2.24, 2.45) is 0 Å². The summed E-state index contributed by atoms with van der Waals surface area (Å²) < 4.78 is 0. The smallest absolute Gasteiger partial charge is 0.273 e. The number of nitrogens with zero attached hydrogens (tertiary/aromatic N) is 3. The number of amides is 2. The first-order chi connectivity index (χ1) is 14.1. The number of aromatic nitrogens is 1. The molecule has 1 N–H and O–H groups in total. The molecular weight excluding hydrogens is 366 g/mol. The van der Waals surface area contributed by atoms with Crippen LogP contribution < -0.4 is 0 Å². The molecule has 5 rings (SSSR count). The van der Waals surface area contributed by atoms with E-state index in [4.69, 9.17) is 0 Å². The van der Waals surface area contributed by atoms with Gasteiger partial charge in [-0.05, 0) is 37.1 Å². The number of aliphatic hydroxyl groups is 1. The summed E-state index contributed by atoms with van der Waals surface area (Å²) in [5, 5.41) is 12.3. The Hall–Kier alpha value is -2.47. The molecule has 2 aromatic rings. The Morgan fingerprint density at radius 1 is 1.07 bits per heavy atom. The monoisotopic (exact) mass is 393 g/mol. The van der Waals surface area contributed by atoms with Crippen molar-refractivity contribution in [1.82, 2.24) is 14.8 Å². The maximum Gasteiger partial charge on any atom is 0.273 e. The van der Waals surface area contributed by atoms with Crippen LogP contribution in [-0.4, -0.2) is 62.5 Å². The van der Waals surface area contributed by atoms with Gasteiger partial charge in [0.15, 0.2) is 6.10 Å². The van der Waals surface area contributed by atoms with E-state index in [1.54, 1.807) is 6.20 Å². The Bertz CT molecular complexity index is 940. The summed E-state index contributed by atoms with van der Waals surface area (Å²) in [5.41, 5.74) is 0.157. The average Bonchev–Trinajstić information content (AvgIpc) is 2.79. The van der Waals surface area contributed by atoms with Crippen molar-refractivity contribution in [3.05, 3.63) is 42.2 Å². The number of pyridine rings is 1. The molecule has 2 amide bonds. The lowest BCUT2D eigenvalue weighted by Crippen LogP contribution is -2.77. The molecule has 3 aliphatic rings. The van der Waals surface area contributed by atoms with E-state index in [0.29, 0.717) is 18.8 Å². The van der Waals surface area contributed by atoms with Gasteiger partial charge in [-0.3, -0.25) is 14.6 Å². The average molecular weight is 393 g/mol. The molecule has 1 aromatic heterocycles. The highest BCUT2D eigenvalue weighted by atomic mass is 16.3. The summed E-state index contributed by atoms with van der Waals surface area (Å²) in [6.45, 7) is 1.23. The molecule has 29 heavy (non-hydrogen) atoms. The van der Waals surface area contributed by atoms with Crippen LogP contribution in [0.1, 0.15) is 55.4 Å². The highest BCUT2D eigenvalue weighted by Gasteiger charge is 2.61. The van der Waals surface area contributed by atoms with Crippen molar-refractivity contribution in [1.29, 1.82) is 0 Å². The van der Waals surface area contributed by atoms with Crippen LogP contribution >= 0.6 is 0 Å². The van der Waals surface area contributed by atoms with E-state index in [-0.39, 0.29) is 23.4 Å². The number of carbonyl (C=O) groups is 2. The SMILES string of the molecule is O=C(c1nccc2ccccc12)N1CCC(N2C(=O)C(O)C23CCCCC3)CC1. The van der Waals surface area contributed by atoms with Crippen LogP contribution in [0.15, 0.2) is 36.5 Å². The fourth-order valence-corrected chi connectivity index (χ4v) is 5.64. The molecule has 6 nitrogen and oxygen atoms in total. The standard InChI is InChI=1S/C23H27N3O3/c27-20-22(29)26(23(20)11-4-1-5-12-23)17-9-14-25(15-10-17)21(28)19-18-7-3-2-6-16(18)8-13-24-19/h2-3,6-8,13,17,20,27H,1,4-5,9-12,14-15H2. The third kappa shape index (κ3) is 2.84. The van der Waals surface area contributed by atoms with Gasteiger partial charge in [0.25, 0.3) is 11.8 Å². The molecule has 1 aliphatic carbocycles.